The number of amides is 3. The Hall–Kier alpha value is -3.58. The average molecular weight is 640 g/mol. The fourth-order valence-corrected chi connectivity index (χ4v) is 5.95. The zero-order chi connectivity index (χ0) is 33.5. The summed E-state index contributed by atoms with van der Waals surface area (Å²) in [4.78, 5) is 47.1. The fourth-order valence-electron chi connectivity index (χ4n) is 5.95. The number of hydrogen-bond acceptors (Lipinski definition) is 8. The summed E-state index contributed by atoms with van der Waals surface area (Å²) in [5.74, 6) is -0.875. The number of nitrogens with zero attached hydrogens (tertiary/aromatic N) is 1. The van der Waals surface area contributed by atoms with Crippen molar-refractivity contribution in [3.05, 3.63) is 66.8 Å². The van der Waals surface area contributed by atoms with Gasteiger partial charge in [-0.1, -0.05) is 82.4 Å². The number of aromatic amines is 1. The average Bonchev–Trinajstić information content (AvgIpc) is 3.58. The van der Waals surface area contributed by atoms with Gasteiger partial charge in [-0.15, -0.1) is 6.58 Å². The number of H-pyrrole nitrogens is 1. The molecule has 12 nitrogen and oxygen atoms in total. The van der Waals surface area contributed by atoms with Crippen molar-refractivity contribution < 1.29 is 24.6 Å². The molecule has 1 saturated carbocycles. The largest absolute Gasteiger partial charge is 0.394 e. The Morgan fingerprint density at radius 1 is 1.04 bits per heavy atom. The van der Waals surface area contributed by atoms with E-state index in [1.165, 1.54) is 12.7 Å². The number of aliphatic hydroxyl groups is 2. The molecular formula is C34H53N7O5. The molecule has 3 amide bonds. The molecule has 1 heterocycles. The minimum absolute atomic E-state index is 0.0835. The number of hydrogen-bond donors (Lipinski definition) is 8. The Kier molecular flexibility index (Phi) is 15.4. The Balaban J connectivity index is 1.82. The van der Waals surface area contributed by atoms with Gasteiger partial charge < -0.3 is 31.6 Å². The van der Waals surface area contributed by atoms with Gasteiger partial charge in [-0.25, -0.2) is 10.4 Å². The van der Waals surface area contributed by atoms with Crippen molar-refractivity contribution in [1.29, 1.82) is 0 Å². The van der Waals surface area contributed by atoms with Crippen molar-refractivity contribution in [1.82, 2.24) is 31.5 Å². The molecule has 6 atom stereocenters. The van der Waals surface area contributed by atoms with E-state index in [1.54, 1.807) is 6.20 Å². The van der Waals surface area contributed by atoms with Crippen LogP contribution >= 0.6 is 0 Å². The Labute approximate surface area is 272 Å². The third-order valence-electron chi connectivity index (χ3n) is 8.89. The first-order chi connectivity index (χ1) is 22.1. The van der Waals surface area contributed by atoms with Gasteiger partial charge >= 0.3 is 0 Å². The van der Waals surface area contributed by atoms with Crippen molar-refractivity contribution in [2.24, 2.45) is 23.5 Å². The predicted molar refractivity (Wildman–Crippen MR) is 177 cm³/mol. The van der Waals surface area contributed by atoms with Crippen molar-refractivity contribution in [3.8, 4) is 0 Å². The van der Waals surface area contributed by atoms with Gasteiger partial charge in [0, 0.05) is 18.3 Å². The van der Waals surface area contributed by atoms with E-state index in [1.807, 2.05) is 36.4 Å². The smallest absolute Gasteiger partial charge is 0.253 e. The van der Waals surface area contributed by atoms with Crippen molar-refractivity contribution in [2.45, 2.75) is 102 Å². The Bertz CT molecular complexity index is 1200. The SMILES string of the molecule is C=C[C@@H](C[C@H](O)[C@H](CC1CCCCC1)NC(=O)[C@H](Cc1cnc[nH]1)NC(=O)[C@H](Cc1ccccc1)NNC(=O)[C@@H](N)CO)C(C)C. The highest BCUT2D eigenvalue weighted by atomic mass is 16.3. The molecule has 3 rings (SSSR count). The van der Waals surface area contributed by atoms with E-state index in [-0.39, 0.29) is 24.7 Å². The van der Waals surface area contributed by atoms with Crippen LogP contribution in [0.2, 0.25) is 0 Å². The lowest BCUT2D eigenvalue weighted by molar-refractivity contribution is -0.132. The lowest BCUT2D eigenvalue weighted by Crippen LogP contribution is -2.60. The van der Waals surface area contributed by atoms with E-state index < -0.39 is 54.6 Å². The first kappa shape index (κ1) is 36.9. The third kappa shape index (κ3) is 12.0. The topological polar surface area (TPSA) is 194 Å². The molecule has 2 aromatic rings. The molecule has 0 aliphatic heterocycles. The lowest BCUT2D eigenvalue weighted by atomic mass is 9.81. The van der Waals surface area contributed by atoms with Crippen molar-refractivity contribution in [2.75, 3.05) is 6.61 Å². The second-order valence-corrected chi connectivity index (χ2v) is 12.8. The Morgan fingerprint density at radius 2 is 1.74 bits per heavy atom. The molecule has 12 heteroatoms. The van der Waals surface area contributed by atoms with E-state index in [2.05, 4.69) is 51.9 Å². The summed E-state index contributed by atoms with van der Waals surface area (Å²) >= 11 is 0. The van der Waals surface area contributed by atoms with Crippen LogP contribution in [0, 0.1) is 17.8 Å². The van der Waals surface area contributed by atoms with Gasteiger partial charge in [0.2, 0.25) is 11.8 Å². The fraction of sp³-hybridized carbons (Fsp3) is 0.588. The summed E-state index contributed by atoms with van der Waals surface area (Å²) in [6.07, 6.45) is 11.2. The first-order valence-corrected chi connectivity index (χ1v) is 16.5. The van der Waals surface area contributed by atoms with Crippen LogP contribution < -0.4 is 27.2 Å². The molecule has 1 aromatic carbocycles. The monoisotopic (exact) mass is 639 g/mol. The van der Waals surface area contributed by atoms with Gasteiger partial charge in [-0.2, -0.15) is 0 Å². The highest BCUT2D eigenvalue weighted by Crippen LogP contribution is 2.30. The number of carbonyl (C=O) groups is 3. The van der Waals surface area contributed by atoms with Gasteiger partial charge in [0.15, 0.2) is 0 Å². The number of nitrogens with two attached hydrogens (primary N) is 1. The van der Waals surface area contributed by atoms with Crippen LogP contribution in [0.5, 0.6) is 0 Å². The van der Waals surface area contributed by atoms with Gasteiger partial charge in [-0.05, 0) is 42.6 Å². The van der Waals surface area contributed by atoms with E-state index in [9.17, 15) is 24.6 Å². The minimum Gasteiger partial charge on any atom is -0.394 e. The van der Waals surface area contributed by atoms with Gasteiger partial charge in [-0.3, -0.25) is 19.8 Å². The molecule has 1 fully saturated rings. The zero-order valence-electron chi connectivity index (χ0n) is 27.2. The summed E-state index contributed by atoms with van der Waals surface area (Å²) in [6.45, 7) is 7.57. The van der Waals surface area contributed by atoms with Gasteiger partial charge in [0.05, 0.1) is 25.1 Å². The Morgan fingerprint density at radius 3 is 2.35 bits per heavy atom. The number of hydrazine groups is 1. The molecule has 0 bridgehead atoms. The molecule has 254 valence electrons. The van der Waals surface area contributed by atoms with Crippen LogP contribution in [0.1, 0.15) is 70.1 Å². The third-order valence-corrected chi connectivity index (χ3v) is 8.89. The maximum absolute atomic E-state index is 14.0. The number of aliphatic hydroxyl groups excluding tert-OH is 2. The van der Waals surface area contributed by atoms with E-state index >= 15 is 0 Å². The van der Waals surface area contributed by atoms with Gasteiger partial charge in [0.25, 0.3) is 5.91 Å². The second-order valence-electron chi connectivity index (χ2n) is 12.8. The number of rotatable bonds is 19. The molecule has 0 radical (unpaired) electrons. The van der Waals surface area contributed by atoms with Crippen LogP contribution in [0.15, 0.2) is 55.5 Å². The zero-order valence-corrected chi connectivity index (χ0v) is 27.2. The normalized spacial score (nSPS) is 17.7. The molecule has 9 N–H and O–H groups in total. The molecule has 0 saturated heterocycles. The van der Waals surface area contributed by atoms with E-state index in [4.69, 9.17) is 5.73 Å². The van der Waals surface area contributed by atoms with Crippen molar-refractivity contribution >= 4 is 17.7 Å². The van der Waals surface area contributed by atoms with Crippen LogP contribution in [0.4, 0.5) is 0 Å². The number of aromatic nitrogens is 2. The van der Waals surface area contributed by atoms with Crippen LogP contribution in [-0.4, -0.2) is 74.8 Å². The number of allylic oxidation sites excluding steroid dienone is 1. The minimum atomic E-state index is -1.17. The van der Waals surface area contributed by atoms with Crippen molar-refractivity contribution in [3.63, 3.8) is 0 Å². The highest BCUT2D eigenvalue weighted by Gasteiger charge is 2.32. The summed E-state index contributed by atoms with van der Waals surface area (Å²) in [6, 6.07) is 5.58. The number of imidazole rings is 1. The summed E-state index contributed by atoms with van der Waals surface area (Å²) < 4.78 is 0. The molecule has 46 heavy (non-hydrogen) atoms. The number of nitrogens with one attached hydrogen (secondary N) is 5. The first-order valence-electron chi connectivity index (χ1n) is 16.5. The lowest BCUT2D eigenvalue weighted by Gasteiger charge is -2.33. The maximum Gasteiger partial charge on any atom is 0.253 e. The quantitative estimate of drug-likeness (QED) is 0.0839. The number of carbonyl (C=O) groups excluding carboxylic acids is 3. The van der Waals surface area contributed by atoms with Crippen LogP contribution in [-0.2, 0) is 27.2 Å². The second kappa shape index (κ2) is 19.2. The summed E-state index contributed by atoms with van der Waals surface area (Å²) in [5, 5.41) is 26.7. The molecule has 0 spiro atoms. The number of benzene rings is 1. The van der Waals surface area contributed by atoms with E-state index in [0.717, 1.165) is 31.2 Å². The molecular weight excluding hydrogens is 586 g/mol. The summed E-state index contributed by atoms with van der Waals surface area (Å²) in [7, 11) is 0. The van der Waals surface area contributed by atoms with Crippen LogP contribution in [0.3, 0.4) is 0 Å². The molecule has 0 unspecified atom stereocenters. The maximum atomic E-state index is 14.0. The van der Waals surface area contributed by atoms with E-state index in [0.29, 0.717) is 24.5 Å². The molecule has 1 aliphatic carbocycles. The highest BCUT2D eigenvalue weighted by molar-refractivity contribution is 5.90. The van der Waals surface area contributed by atoms with Gasteiger partial charge in [0.1, 0.15) is 18.1 Å². The molecule has 1 aromatic heterocycles. The molecule has 1 aliphatic rings. The standard InChI is InChI=1S/C34H53N7O5/c1-4-25(22(2)3)17-31(43)28(15-23-11-7-5-8-12-23)38-33(45)29(18-26-19-36-21-37-26)39-34(46)30(16-24-13-9-6-10-14-24)40-41-32(44)27(35)20-42/h4,6,9-10,13-14,19,21-23,25,27-31,40,42-43H,1,5,7-8,11-12,15-18,20,35H2,2-3H3,(H,36,37)(H,38,45)(H,39,46)(H,41,44)/t25-,27-,28-,29-,30-,31-/m0/s1. The predicted octanol–water partition coefficient (Wildman–Crippen LogP) is 1.65. The summed E-state index contributed by atoms with van der Waals surface area (Å²) in [5.41, 5.74) is 12.2. The van der Waals surface area contributed by atoms with Crippen LogP contribution in [0.25, 0.3) is 0 Å².